The van der Waals surface area contributed by atoms with Gasteiger partial charge in [0, 0.05) is 29.4 Å². The first-order valence-electron chi connectivity index (χ1n) is 9.70. The standard InChI is InChI=1S/C21H26N4O2/c1-13-7-6-9-17(14(13)2)23-19(26)12-25-21(27)20-16(11-22-25)15-8-4-5-10-18(15)24(20)3/h4-5,8,10-11,13-14,17H,6-7,9,12H2,1-3H3,(H,23,26)/t13-,14-,17+/m1/s1. The summed E-state index contributed by atoms with van der Waals surface area (Å²) >= 11 is 0. The highest BCUT2D eigenvalue weighted by Crippen LogP contribution is 2.29. The molecular formula is C21H26N4O2. The Morgan fingerprint density at radius 2 is 2.00 bits per heavy atom. The molecule has 1 fully saturated rings. The molecule has 6 heteroatoms. The molecule has 142 valence electrons. The first-order chi connectivity index (χ1) is 13.0. The zero-order chi connectivity index (χ0) is 19.1. The summed E-state index contributed by atoms with van der Waals surface area (Å²) in [4.78, 5) is 25.5. The van der Waals surface area contributed by atoms with Gasteiger partial charge >= 0.3 is 0 Å². The van der Waals surface area contributed by atoms with Crippen LogP contribution in [0.1, 0.15) is 33.1 Å². The topological polar surface area (TPSA) is 68.9 Å². The minimum absolute atomic E-state index is 0.0477. The molecule has 27 heavy (non-hydrogen) atoms. The van der Waals surface area contributed by atoms with Crippen molar-refractivity contribution in [3.63, 3.8) is 0 Å². The third-order valence-corrected chi connectivity index (χ3v) is 6.26. The fourth-order valence-electron chi connectivity index (χ4n) is 4.40. The van der Waals surface area contributed by atoms with Crippen molar-refractivity contribution in [1.29, 1.82) is 0 Å². The maximum absolute atomic E-state index is 13.0. The van der Waals surface area contributed by atoms with Gasteiger partial charge in [-0.2, -0.15) is 5.10 Å². The van der Waals surface area contributed by atoms with Gasteiger partial charge in [-0.05, 0) is 24.3 Å². The van der Waals surface area contributed by atoms with Gasteiger partial charge in [-0.1, -0.05) is 44.9 Å². The smallest absolute Gasteiger partial charge is 0.291 e. The number of amides is 1. The molecule has 3 aromatic rings. The van der Waals surface area contributed by atoms with Crippen LogP contribution in [0.2, 0.25) is 0 Å². The lowest BCUT2D eigenvalue weighted by molar-refractivity contribution is -0.123. The molecule has 2 heterocycles. The summed E-state index contributed by atoms with van der Waals surface area (Å²) < 4.78 is 3.15. The predicted octanol–water partition coefficient (Wildman–Crippen LogP) is 2.83. The molecule has 2 aromatic heterocycles. The van der Waals surface area contributed by atoms with Crippen molar-refractivity contribution in [2.24, 2.45) is 18.9 Å². The van der Waals surface area contributed by atoms with Crippen LogP contribution in [0.5, 0.6) is 0 Å². The van der Waals surface area contributed by atoms with Gasteiger partial charge < -0.3 is 9.88 Å². The van der Waals surface area contributed by atoms with Crippen LogP contribution in [0, 0.1) is 11.8 Å². The Labute approximate surface area is 158 Å². The number of hydrogen-bond donors (Lipinski definition) is 1. The highest BCUT2D eigenvalue weighted by Gasteiger charge is 2.28. The number of carbonyl (C=O) groups excluding carboxylic acids is 1. The van der Waals surface area contributed by atoms with Crippen LogP contribution < -0.4 is 10.9 Å². The van der Waals surface area contributed by atoms with Gasteiger partial charge in [-0.3, -0.25) is 9.59 Å². The van der Waals surface area contributed by atoms with E-state index in [9.17, 15) is 9.59 Å². The number of aromatic nitrogens is 3. The van der Waals surface area contributed by atoms with Gasteiger partial charge in [0.25, 0.3) is 5.56 Å². The second kappa shape index (κ2) is 6.83. The molecule has 1 aliphatic carbocycles. The van der Waals surface area contributed by atoms with Crippen molar-refractivity contribution in [2.45, 2.75) is 45.7 Å². The molecule has 1 N–H and O–H groups in total. The number of hydrogen-bond acceptors (Lipinski definition) is 3. The Balaban J connectivity index is 1.62. The molecule has 3 atom stereocenters. The number of nitrogens with zero attached hydrogens (tertiary/aromatic N) is 3. The van der Waals surface area contributed by atoms with Gasteiger partial charge in [0.05, 0.1) is 6.20 Å². The number of aryl methyl sites for hydroxylation is 1. The fourth-order valence-corrected chi connectivity index (χ4v) is 4.40. The second-order valence-electron chi connectivity index (χ2n) is 7.89. The maximum Gasteiger partial charge on any atom is 0.291 e. The first-order valence-corrected chi connectivity index (χ1v) is 9.70. The maximum atomic E-state index is 13.0. The number of benzene rings is 1. The Hall–Kier alpha value is -2.63. The molecule has 1 aliphatic rings. The Morgan fingerprint density at radius 3 is 2.81 bits per heavy atom. The zero-order valence-corrected chi connectivity index (χ0v) is 16.1. The molecule has 1 saturated carbocycles. The lowest BCUT2D eigenvalue weighted by Gasteiger charge is -2.34. The van der Waals surface area contributed by atoms with Crippen LogP contribution in [-0.2, 0) is 18.4 Å². The second-order valence-corrected chi connectivity index (χ2v) is 7.89. The van der Waals surface area contributed by atoms with Crippen LogP contribution in [0.15, 0.2) is 35.3 Å². The highest BCUT2D eigenvalue weighted by molar-refractivity contribution is 6.07. The minimum Gasteiger partial charge on any atom is -0.351 e. The normalized spacial score (nSPS) is 23.0. The van der Waals surface area contributed by atoms with E-state index in [0.29, 0.717) is 17.4 Å². The summed E-state index contributed by atoms with van der Waals surface area (Å²) in [7, 11) is 1.88. The van der Waals surface area contributed by atoms with Crippen molar-refractivity contribution in [3.8, 4) is 0 Å². The first kappa shape index (κ1) is 17.8. The van der Waals surface area contributed by atoms with Gasteiger partial charge in [0.15, 0.2) is 0 Å². The van der Waals surface area contributed by atoms with Crippen LogP contribution in [-0.4, -0.2) is 26.3 Å². The summed E-state index contributed by atoms with van der Waals surface area (Å²) in [6.07, 6.45) is 5.04. The SMILES string of the molecule is C[C@@H]1[C@H](C)CCC[C@@H]1NC(=O)Cn1ncc2c3ccccc3n(C)c2c1=O. The van der Waals surface area contributed by atoms with Crippen molar-refractivity contribution >= 4 is 27.7 Å². The van der Waals surface area contributed by atoms with Gasteiger partial charge in [-0.15, -0.1) is 0 Å². The lowest BCUT2D eigenvalue weighted by Crippen LogP contribution is -2.45. The van der Waals surface area contributed by atoms with E-state index in [4.69, 9.17) is 0 Å². The summed E-state index contributed by atoms with van der Waals surface area (Å²) in [5, 5.41) is 9.21. The largest absolute Gasteiger partial charge is 0.351 e. The number of carbonyl (C=O) groups is 1. The van der Waals surface area contributed by atoms with E-state index < -0.39 is 0 Å². The molecule has 6 nitrogen and oxygen atoms in total. The molecule has 0 radical (unpaired) electrons. The summed E-state index contributed by atoms with van der Waals surface area (Å²) in [5.41, 5.74) is 1.34. The van der Waals surface area contributed by atoms with E-state index in [2.05, 4.69) is 24.3 Å². The van der Waals surface area contributed by atoms with E-state index in [1.54, 1.807) is 6.20 Å². The van der Waals surface area contributed by atoms with Crippen molar-refractivity contribution in [1.82, 2.24) is 19.7 Å². The number of nitrogens with one attached hydrogen (secondary N) is 1. The summed E-state index contributed by atoms with van der Waals surface area (Å²) in [6, 6.07) is 8.05. The third kappa shape index (κ3) is 3.03. The quantitative estimate of drug-likeness (QED) is 0.775. The third-order valence-electron chi connectivity index (χ3n) is 6.26. The van der Waals surface area contributed by atoms with Crippen LogP contribution >= 0.6 is 0 Å². The fraction of sp³-hybridized carbons (Fsp3) is 0.476. The Morgan fingerprint density at radius 1 is 1.22 bits per heavy atom. The van der Waals surface area contributed by atoms with E-state index >= 15 is 0 Å². The van der Waals surface area contributed by atoms with E-state index in [1.807, 2.05) is 35.9 Å². The van der Waals surface area contributed by atoms with Crippen LogP contribution in [0.3, 0.4) is 0 Å². The van der Waals surface area contributed by atoms with Gasteiger partial charge in [0.2, 0.25) is 5.91 Å². The molecule has 0 spiro atoms. The Kier molecular flexibility index (Phi) is 4.50. The van der Waals surface area contributed by atoms with Crippen molar-refractivity contribution in [2.75, 3.05) is 0 Å². The van der Waals surface area contributed by atoms with Crippen molar-refractivity contribution in [3.05, 3.63) is 40.8 Å². The monoisotopic (exact) mass is 366 g/mol. The predicted molar refractivity (Wildman–Crippen MR) is 107 cm³/mol. The number of rotatable bonds is 3. The lowest BCUT2D eigenvalue weighted by atomic mass is 9.78. The zero-order valence-electron chi connectivity index (χ0n) is 16.1. The van der Waals surface area contributed by atoms with E-state index in [-0.39, 0.29) is 24.1 Å². The average molecular weight is 366 g/mol. The molecule has 0 unspecified atom stereocenters. The van der Waals surface area contributed by atoms with E-state index in [1.165, 1.54) is 11.1 Å². The van der Waals surface area contributed by atoms with Crippen molar-refractivity contribution < 1.29 is 4.79 Å². The molecule has 1 aromatic carbocycles. The van der Waals surface area contributed by atoms with Gasteiger partial charge in [0.1, 0.15) is 12.1 Å². The van der Waals surface area contributed by atoms with Crippen LogP contribution in [0.4, 0.5) is 0 Å². The summed E-state index contributed by atoms with van der Waals surface area (Å²) in [6.45, 7) is 4.39. The highest BCUT2D eigenvalue weighted by atomic mass is 16.2. The molecular weight excluding hydrogens is 340 g/mol. The van der Waals surface area contributed by atoms with Crippen LogP contribution in [0.25, 0.3) is 21.8 Å². The number of para-hydroxylation sites is 1. The summed E-state index contributed by atoms with van der Waals surface area (Å²) in [5.74, 6) is 0.916. The molecule has 1 amide bonds. The molecule has 4 rings (SSSR count). The van der Waals surface area contributed by atoms with E-state index in [0.717, 1.165) is 29.1 Å². The minimum atomic E-state index is -0.230. The molecule has 0 saturated heterocycles. The Bertz CT molecular complexity index is 1070. The average Bonchev–Trinajstić information content (AvgIpc) is 2.95. The molecule has 0 bridgehead atoms. The van der Waals surface area contributed by atoms with Gasteiger partial charge in [-0.25, -0.2) is 4.68 Å². The molecule has 0 aliphatic heterocycles. The number of fused-ring (bicyclic) bond motifs is 3.